The Labute approximate surface area is 128 Å². The molecule has 1 aliphatic heterocycles. The third-order valence-electron chi connectivity index (χ3n) is 3.80. The third-order valence-corrected chi connectivity index (χ3v) is 3.80. The largest absolute Gasteiger partial charge is 0.467 e. The van der Waals surface area contributed by atoms with Crippen molar-refractivity contribution in [3.8, 4) is 0 Å². The third kappa shape index (κ3) is 3.19. The highest BCUT2D eigenvalue weighted by Gasteiger charge is 2.34. The summed E-state index contributed by atoms with van der Waals surface area (Å²) in [6.45, 7) is 2.82. The first-order valence-electron chi connectivity index (χ1n) is 7.29. The smallest absolute Gasteiger partial charge is 0.229 e. The van der Waals surface area contributed by atoms with Crippen molar-refractivity contribution in [2.45, 2.75) is 19.9 Å². The Kier molecular flexibility index (Phi) is 3.96. The lowest BCUT2D eigenvalue weighted by Gasteiger charge is -2.15. The summed E-state index contributed by atoms with van der Waals surface area (Å²) in [6.07, 6.45) is 1.83. The summed E-state index contributed by atoms with van der Waals surface area (Å²) < 4.78 is 5.25. The normalized spacial score (nSPS) is 17.8. The molecule has 1 unspecified atom stereocenters. The van der Waals surface area contributed by atoms with Crippen molar-refractivity contribution >= 4 is 17.5 Å². The summed E-state index contributed by atoms with van der Waals surface area (Å²) in [4.78, 5) is 26.0. The fourth-order valence-corrected chi connectivity index (χ4v) is 2.66. The molecule has 0 saturated carbocycles. The molecule has 0 spiro atoms. The van der Waals surface area contributed by atoms with Gasteiger partial charge in [-0.3, -0.25) is 9.59 Å². The lowest BCUT2D eigenvalue weighted by Crippen LogP contribution is -2.27. The first-order valence-corrected chi connectivity index (χ1v) is 7.29. The average molecular weight is 298 g/mol. The van der Waals surface area contributed by atoms with Gasteiger partial charge in [0.2, 0.25) is 11.8 Å². The summed E-state index contributed by atoms with van der Waals surface area (Å²) in [5.41, 5.74) is 1.85. The first-order chi connectivity index (χ1) is 10.6. The fourth-order valence-electron chi connectivity index (χ4n) is 2.66. The van der Waals surface area contributed by atoms with Crippen LogP contribution in [0.1, 0.15) is 17.7 Å². The number of carbonyl (C=O) groups is 2. The van der Waals surface area contributed by atoms with Crippen LogP contribution in [0.15, 0.2) is 47.1 Å². The maximum atomic E-state index is 12.3. The van der Waals surface area contributed by atoms with Crippen LogP contribution in [0, 0.1) is 12.8 Å². The lowest BCUT2D eigenvalue weighted by atomic mass is 10.1. The Balaban J connectivity index is 1.61. The number of nitrogens with one attached hydrogen (secondary N) is 1. The van der Waals surface area contributed by atoms with E-state index < -0.39 is 0 Å². The summed E-state index contributed by atoms with van der Waals surface area (Å²) >= 11 is 0. The van der Waals surface area contributed by atoms with E-state index in [2.05, 4.69) is 5.32 Å². The lowest BCUT2D eigenvalue weighted by molar-refractivity contribution is -0.128. The number of amides is 2. The number of hydrogen-bond donors (Lipinski definition) is 1. The molecule has 1 N–H and O–H groups in total. The van der Waals surface area contributed by atoms with Crippen LogP contribution in [0.4, 0.5) is 5.69 Å². The van der Waals surface area contributed by atoms with Crippen molar-refractivity contribution in [3.63, 3.8) is 0 Å². The van der Waals surface area contributed by atoms with E-state index >= 15 is 0 Å². The van der Waals surface area contributed by atoms with Crippen molar-refractivity contribution in [1.29, 1.82) is 0 Å². The Morgan fingerprint density at radius 1 is 1.36 bits per heavy atom. The Morgan fingerprint density at radius 3 is 2.95 bits per heavy atom. The molecule has 1 atom stereocenters. The quantitative estimate of drug-likeness (QED) is 0.943. The number of likely N-dealkylation sites (tertiary alicyclic amines) is 1. The molecular weight excluding hydrogens is 280 g/mol. The molecule has 5 nitrogen and oxygen atoms in total. The van der Waals surface area contributed by atoms with Crippen LogP contribution in [0.25, 0.3) is 0 Å². The maximum Gasteiger partial charge on any atom is 0.229 e. The SMILES string of the molecule is Cc1cccc(NC(=O)C2CC(=O)N(Cc3ccco3)C2)c1. The van der Waals surface area contributed by atoms with Crippen LogP contribution in [0.3, 0.4) is 0 Å². The molecule has 5 heteroatoms. The van der Waals surface area contributed by atoms with E-state index in [0.717, 1.165) is 17.0 Å². The second kappa shape index (κ2) is 6.05. The van der Waals surface area contributed by atoms with Gasteiger partial charge in [-0.05, 0) is 36.8 Å². The van der Waals surface area contributed by atoms with Crippen LogP contribution in [-0.4, -0.2) is 23.3 Å². The second-order valence-corrected chi connectivity index (χ2v) is 5.61. The standard InChI is InChI=1S/C17H18N2O3/c1-12-4-2-5-14(8-12)18-17(21)13-9-16(20)19(10-13)11-15-6-3-7-22-15/h2-8,13H,9-11H2,1H3,(H,18,21). The number of anilines is 1. The predicted molar refractivity (Wildman–Crippen MR) is 82.0 cm³/mol. The molecule has 1 aliphatic rings. The molecule has 1 saturated heterocycles. The van der Waals surface area contributed by atoms with Gasteiger partial charge in [0.05, 0.1) is 18.7 Å². The van der Waals surface area contributed by atoms with Crippen molar-refractivity contribution < 1.29 is 14.0 Å². The molecule has 1 fully saturated rings. The molecule has 0 radical (unpaired) electrons. The minimum Gasteiger partial charge on any atom is -0.467 e. The molecule has 2 amide bonds. The van der Waals surface area contributed by atoms with Gasteiger partial charge in [-0.15, -0.1) is 0 Å². The van der Waals surface area contributed by atoms with Gasteiger partial charge >= 0.3 is 0 Å². The molecular formula is C17H18N2O3. The maximum absolute atomic E-state index is 12.3. The molecule has 0 bridgehead atoms. The van der Waals surface area contributed by atoms with Crippen LogP contribution < -0.4 is 5.32 Å². The first kappa shape index (κ1) is 14.4. The van der Waals surface area contributed by atoms with Gasteiger partial charge in [0.1, 0.15) is 5.76 Å². The minimum atomic E-state index is -0.317. The van der Waals surface area contributed by atoms with E-state index in [4.69, 9.17) is 4.42 Å². The van der Waals surface area contributed by atoms with Gasteiger partial charge in [-0.25, -0.2) is 0 Å². The second-order valence-electron chi connectivity index (χ2n) is 5.61. The monoisotopic (exact) mass is 298 g/mol. The van der Waals surface area contributed by atoms with Crippen LogP contribution >= 0.6 is 0 Å². The van der Waals surface area contributed by atoms with E-state index in [1.807, 2.05) is 37.3 Å². The minimum absolute atomic E-state index is 0.0132. The van der Waals surface area contributed by atoms with E-state index in [0.29, 0.717) is 13.1 Å². The predicted octanol–water partition coefficient (Wildman–Crippen LogP) is 2.58. The number of rotatable bonds is 4. The van der Waals surface area contributed by atoms with Crippen LogP contribution in [-0.2, 0) is 16.1 Å². The number of furan rings is 1. The highest BCUT2D eigenvalue weighted by molar-refractivity contribution is 5.97. The van der Waals surface area contributed by atoms with E-state index in [1.54, 1.807) is 17.2 Å². The number of hydrogen-bond acceptors (Lipinski definition) is 3. The van der Waals surface area contributed by atoms with Gasteiger partial charge in [0.25, 0.3) is 0 Å². The zero-order chi connectivity index (χ0) is 15.5. The molecule has 2 aromatic rings. The van der Waals surface area contributed by atoms with Gasteiger partial charge in [0, 0.05) is 18.7 Å². The highest BCUT2D eigenvalue weighted by atomic mass is 16.3. The van der Waals surface area contributed by atoms with Crippen molar-refractivity contribution in [1.82, 2.24) is 4.90 Å². The van der Waals surface area contributed by atoms with Crippen molar-refractivity contribution in [2.75, 3.05) is 11.9 Å². The Bertz CT molecular complexity index is 679. The molecule has 1 aromatic carbocycles. The fraction of sp³-hybridized carbons (Fsp3) is 0.294. The Morgan fingerprint density at radius 2 is 2.23 bits per heavy atom. The number of nitrogens with zero attached hydrogens (tertiary/aromatic N) is 1. The van der Waals surface area contributed by atoms with Gasteiger partial charge in [-0.1, -0.05) is 12.1 Å². The number of benzene rings is 1. The highest BCUT2D eigenvalue weighted by Crippen LogP contribution is 2.22. The molecule has 1 aromatic heterocycles. The topological polar surface area (TPSA) is 62.6 Å². The average Bonchev–Trinajstić information content (AvgIpc) is 3.10. The van der Waals surface area contributed by atoms with Gasteiger partial charge in [-0.2, -0.15) is 0 Å². The van der Waals surface area contributed by atoms with Crippen molar-refractivity contribution in [2.24, 2.45) is 5.92 Å². The molecule has 3 rings (SSSR count). The molecule has 114 valence electrons. The zero-order valence-electron chi connectivity index (χ0n) is 12.4. The van der Waals surface area contributed by atoms with Crippen molar-refractivity contribution in [3.05, 3.63) is 54.0 Å². The number of aryl methyl sites for hydroxylation is 1. The summed E-state index contributed by atoms with van der Waals surface area (Å²) in [5, 5.41) is 2.88. The van der Waals surface area contributed by atoms with Crippen LogP contribution in [0.5, 0.6) is 0 Å². The summed E-state index contributed by atoms with van der Waals surface area (Å²) in [6, 6.07) is 11.2. The molecule has 2 heterocycles. The number of carbonyl (C=O) groups excluding carboxylic acids is 2. The van der Waals surface area contributed by atoms with Gasteiger partial charge in [0.15, 0.2) is 0 Å². The molecule has 22 heavy (non-hydrogen) atoms. The molecule has 0 aliphatic carbocycles. The summed E-state index contributed by atoms with van der Waals surface area (Å²) in [7, 11) is 0. The van der Waals surface area contributed by atoms with Crippen LogP contribution in [0.2, 0.25) is 0 Å². The van der Waals surface area contributed by atoms with E-state index in [1.165, 1.54) is 0 Å². The van der Waals surface area contributed by atoms with E-state index in [9.17, 15) is 9.59 Å². The Hall–Kier alpha value is -2.56. The van der Waals surface area contributed by atoms with E-state index in [-0.39, 0.29) is 24.2 Å². The van der Waals surface area contributed by atoms with Gasteiger partial charge < -0.3 is 14.6 Å². The zero-order valence-corrected chi connectivity index (χ0v) is 12.4. The summed E-state index contributed by atoms with van der Waals surface area (Å²) in [5.74, 6) is 0.290.